The molecule has 1 aliphatic carbocycles. The molecule has 31 heavy (non-hydrogen) atoms. The first-order valence-electron chi connectivity index (χ1n) is 10.7. The van der Waals surface area contributed by atoms with Crippen molar-refractivity contribution in [2.75, 3.05) is 19.3 Å². The molecule has 2 aromatic carbocycles. The van der Waals surface area contributed by atoms with Crippen LogP contribution in [0.3, 0.4) is 0 Å². The zero-order valence-corrected chi connectivity index (χ0v) is 21.9. The molecule has 3 rings (SSSR count). The Labute approximate surface area is 204 Å². The minimum atomic E-state index is -3.15. The standard InChI is InChI=1S/C24H33N3O2S.HI/c1-5-25-24(26-15-14-18-6-12-21(13-7-18)30(4,28)29)27-23-16-22(23)20-10-8-19(9-11-20)17(2)3;/h6-13,17,22-23H,5,14-16H2,1-4H3,(H2,25,26,27);1H. The Balaban J connectivity index is 0.00000341. The second-order valence-electron chi connectivity index (χ2n) is 8.34. The maximum atomic E-state index is 11.6. The van der Waals surface area contributed by atoms with Crippen molar-refractivity contribution >= 4 is 39.8 Å². The highest BCUT2D eigenvalue weighted by Gasteiger charge is 2.38. The number of nitrogens with zero attached hydrogens (tertiary/aromatic N) is 1. The van der Waals surface area contributed by atoms with Crippen LogP contribution in [-0.2, 0) is 16.3 Å². The fraction of sp³-hybridized carbons (Fsp3) is 0.458. The summed E-state index contributed by atoms with van der Waals surface area (Å²) < 4.78 is 23.1. The molecule has 5 nitrogen and oxygen atoms in total. The van der Waals surface area contributed by atoms with Crippen molar-refractivity contribution in [3.63, 3.8) is 0 Å². The van der Waals surface area contributed by atoms with Gasteiger partial charge in [-0.25, -0.2) is 8.42 Å². The normalized spacial score (nSPS) is 18.4. The van der Waals surface area contributed by atoms with Gasteiger partial charge < -0.3 is 10.6 Å². The third-order valence-electron chi connectivity index (χ3n) is 5.51. The van der Waals surface area contributed by atoms with Gasteiger partial charge >= 0.3 is 0 Å². The number of hydrogen-bond acceptors (Lipinski definition) is 3. The summed E-state index contributed by atoms with van der Waals surface area (Å²) in [5.74, 6) is 1.94. The zero-order valence-electron chi connectivity index (χ0n) is 18.8. The number of guanidine groups is 1. The van der Waals surface area contributed by atoms with Crippen molar-refractivity contribution in [2.45, 2.75) is 56.4 Å². The topological polar surface area (TPSA) is 70.6 Å². The second kappa shape index (κ2) is 11.3. The molecular weight excluding hydrogens is 521 g/mol. The van der Waals surface area contributed by atoms with E-state index in [1.807, 2.05) is 12.1 Å². The molecule has 0 aromatic heterocycles. The van der Waals surface area contributed by atoms with E-state index in [-0.39, 0.29) is 24.0 Å². The fourth-order valence-electron chi connectivity index (χ4n) is 3.55. The molecule has 1 aliphatic rings. The lowest BCUT2D eigenvalue weighted by Gasteiger charge is -2.12. The van der Waals surface area contributed by atoms with Gasteiger partial charge in [0.25, 0.3) is 0 Å². The Morgan fingerprint density at radius 3 is 2.29 bits per heavy atom. The molecule has 2 unspecified atom stereocenters. The lowest BCUT2D eigenvalue weighted by Crippen LogP contribution is -2.39. The van der Waals surface area contributed by atoms with Crippen molar-refractivity contribution in [3.8, 4) is 0 Å². The van der Waals surface area contributed by atoms with Gasteiger partial charge in [0.1, 0.15) is 0 Å². The number of rotatable bonds is 8. The number of hydrogen-bond donors (Lipinski definition) is 2. The minimum absolute atomic E-state index is 0. The van der Waals surface area contributed by atoms with E-state index >= 15 is 0 Å². The van der Waals surface area contributed by atoms with Crippen molar-refractivity contribution in [1.29, 1.82) is 0 Å². The van der Waals surface area contributed by atoms with Crippen molar-refractivity contribution in [2.24, 2.45) is 4.99 Å². The number of benzene rings is 2. The quantitative estimate of drug-likeness (QED) is 0.286. The lowest BCUT2D eigenvalue weighted by atomic mass is 10.0. The van der Waals surface area contributed by atoms with Gasteiger partial charge in [-0.3, -0.25) is 4.99 Å². The minimum Gasteiger partial charge on any atom is -0.357 e. The molecular formula is C24H34IN3O2S. The molecule has 0 radical (unpaired) electrons. The van der Waals surface area contributed by atoms with Gasteiger partial charge in [0.05, 0.1) is 4.90 Å². The van der Waals surface area contributed by atoms with Gasteiger partial charge in [0, 0.05) is 31.3 Å². The third-order valence-corrected chi connectivity index (χ3v) is 6.64. The van der Waals surface area contributed by atoms with E-state index in [1.54, 1.807) is 12.1 Å². The van der Waals surface area contributed by atoms with E-state index in [1.165, 1.54) is 17.4 Å². The molecule has 2 aromatic rings. The smallest absolute Gasteiger partial charge is 0.191 e. The largest absolute Gasteiger partial charge is 0.357 e. The van der Waals surface area contributed by atoms with Gasteiger partial charge in [0.2, 0.25) is 0 Å². The lowest BCUT2D eigenvalue weighted by molar-refractivity contribution is 0.602. The van der Waals surface area contributed by atoms with Gasteiger partial charge in [0.15, 0.2) is 15.8 Å². The molecule has 2 N–H and O–H groups in total. The van der Waals surface area contributed by atoms with E-state index in [9.17, 15) is 8.42 Å². The summed E-state index contributed by atoms with van der Waals surface area (Å²) >= 11 is 0. The molecule has 0 saturated heterocycles. The van der Waals surface area contributed by atoms with E-state index in [4.69, 9.17) is 4.99 Å². The predicted octanol–water partition coefficient (Wildman–Crippen LogP) is 4.49. The first kappa shape index (κ1) is 25.6. The van der Waals surface area contributed by atoms with E-state index < -0.39 is 9.84 Å². The average molecular weight is 556 g/mol. The Kier molecular flexibility index (Phi) is 9.36. The molecule has 1 saturated carbocycles. The number of aliphatic imine (C=N–C) groups is 1. The molecule has 1 fully saturated rings. The molecule has 0 amide bonds. The van der Waals surface area contributed by atoms with Crippen LogP contribution in [0, 0.1) is 0 Å². The summed E-state index contributed by atoms with van der Waals surface area (Å²) in [6.07, 6.45) is 3.12. The highest BCUT2D eigenvalue weighted by Crippen LogP contribution is 2.41. The van der Waals surface area contributed by atoms with Gasteiger partial charge in [-0.15, -0.1) is 24.0 Å². The maximum absolute atomic E-state index is 11.6. The molecule has 7 heteroatoms. The first-order chi connectivity index (χ1) is 14.3. The second-order valence-corrected chi connectivity index (χ2v) is 10.4. The first-order valence-corrected chi connectivity index (χ1v) is 12.6. The number of halogens is 1. The van der Waals surface area contributed by atoms with Crippen LogP contribution in [0.25, 0.3) is 0 Å². The molecule has 0 aliphatic heterocycles. The molecule has 170 valence electrons. The van der Waals surface area contributed by atoms with Crippen LogP contribution in [0.2, 0.25) is 0 Å². The Morgan fingerprint density at radius 2 is 1.74 bits per heavy atom. The van der Waals surface area contributed by atoms with Crippen LogP contribution in [0.15, 0.2) is 58.4 Å². The van der Waals surface area contributed by atoms with Gasteiger partial charge in [-0.1, -0.05) is 50.2 Å². The van der Waals surface area contributed by atoms with Gasteiger partial charge in [-0.05, 0) is 54.5 Å². The Hall–Kier alpha value is -1.61. The highest BCUT2D eigenvalue weighted by molar-refractivity contribution is 14.0. The van der Waals surface area contributed by atoms with Gasteiger partial charge in [-0.2, -0.15) is 0 Å². The maximum Gasteiger partial charge on any atom is 0.191 e. The third kappa shape index (κ3) is 7.49. The monoisotopic (exact) mass is 555 g/mol. The zero-order chi connectivity index (χ0) is 21.7. The van der Waals surface area contributed by atoms with E-state index in [2.05, 4.69) is 55.7 Å². The van der Waals surface area contributed by atoms with Crippen LogP contribution in [0.1, 0.15) is 55.7 Å². The predicted molar refractivity (Wildman–Crippen MR) is 139 cm³/mol. The number of nitrogens with one attached hydrogen (secondary N) is 2. The van der Waals surface area contributed by atoms with Crippen molar-refractivity contribution in [1.82, 2.24) is 10.6 Å². The van der Waals surface area contributed by atoms with Crippen LogP contribution in [0.5, 0.6) is 0 Å². The summed E-state index contributed by atoms with van der Waals surface area (Å²) in [4.78, 5) is 5.05. The molecule has 0 spiro atoms. The van der Waals surface area contributed by atoms with Crippen LogP contribution in [-0.4, -0.2) is 39.8 Å². The Bertz CT molecular complexity index is 971. The van der Waals surface area contributed by atoms with E-state index in [0.717, 1.165) is 30.9 Å². The fourth-order valence-corrected chi connectivity index (χ4v) is 4.18. The SMILES string of the molecule is CCNC(=NCCc1ccc(S(C)(=O)=O)cc1)NC1CC1c1ccc(C(C)C)cc1.I. The molecule has 0 bridgehead atoms. The van der Waals surface area contributed by atoms with E-state index in [0.29, 0.717) is 29.3 Å². The summed E-state index contributed by atoms with van der Waals surface area (Å²) in [6.45, 7) is 7.96. The summed E-state index contributed by atoms with van der Waals surface area (Å²) in [5, 5.41) is 6.88. The van der Waals surface area contributed by atoms with Crippen LogP contribution in [0.4, 0.5) is 0 Å². The molecule has 0 heterocycles. The molecule has 2 atom stereocenters. The summed E-state index contributed by atoms with van der Waals surface area (Å²) in [5.41, 5.74) is 3.85. The average Bonchev–Trinajstić information content (AvgIpc) is 3.47. The highest BCUT2D eigenvalue weighted by atomic mass is 127. The van der Waals surface area contributed by atoms with Crippen LogP contribution >= 0.6 is 24.0 Å². The number of sulfone groups is 1. The van der Waals surface area contributed by atoms with Crippen molar-refractivity contribution < 1.29 is 8.42 Å². The van der Waals surface area contributed by atoms with Crippen molar-refractivity contribution in [3.05, 3.63) is 65.2 Å². The van der Waals surface area contributed by atoms with Crippen LogP contribution < -0.4 is 10.6 Å². The Morgan fingerprint density at radius 1 is 1.10 bits per heavy atom. The summed E-state index contributed by atoms with van der Waals surface area (Å²) in [6, 6.07) is 16.5. The summed E-state index contributed by atoms with van der Waals surface area (Å²) in [7, 11) is -3.15.